The Morgan fingerprint density at radius 2 is 2.30 bits per heavy atom. The molecule has 3 N–H and O–H groups in total. The maximum absolute atomic E-state index is 10.2. The predicted octanol–water partition coefficient (Wildman–Crippen LogP) is 0.168. The molecule has 0 saturated carbocycles. The molecule has 56 valence electrons. The standard InChI is InChI=1S/C6H10N2O2/c1-3-4-5(2)8(10)6(7)9/h5,10H,1-2H3,(H2,7,9)/t5-/m1/s1. The first kappa shape index (κ1) is 8.79. The van der Waals surface area contributed by atoms with E-state index in [2.05, 4.69) is 11.8 Å². The zero-order valence-electron chi connectivity index (χ0n) is 5.96. The molecule has 0 bridgehead atoms. The molecule has 0 aromatic carbocycles. The van der Waals surface area contributed by atoms with Gasteiger partial charge in [0.05, 0.1) is 0 Å². The first-order valence-corrected chi connectivity index (χ1v) is 2.79. The average Bonchev–Trinajstić information content (AvgIpc) is 1.87. The van der Waals surface area contributed by atoms with E-state index in [1.165, 1.54) is 0 Å². The SMILES string of the molecule is CC#C[C@@H](C)N(O)C(N)=O. The van der Waals surface area contributed by atoms with Crippen molar-refractivity contribution in [1.82, 2.24) is 5.06 Å². The second-order valence-electron chi connectivity index (χ2n) is 1.75. The molecule has 0 heterocycles. The van der Waals surface area contributed by atoms with Gasteiger partial charge < -0.3 is 5.73 Å². The minimum atomic E-state index is -0.893. The molecular weight excluding hydrogens is 132 g/mol. The van der Waals surface area contributed by atoms with Gasteiger partial charge in [0.2, 0.25) is 0 Å². The van der Waals surface area contributed by atoms with Crippen molar-refractivity contribution in [2.24, 2.45) is 5.73 Å². The van der Waals surface area contributed by atoms with E-state index < -0.39 is 12.1 Å². The molecule has 0 unspecified atom stereocenters. The zero-order valence-corrected chi connectivity index (χ0v) is 5.96. The number of rotatable bonds is 1. The van der Waals surface area contributed by atoms with Crippen LogP contribution in [0.2, 0.25) is 0 Å². The largest absolute Gasteiger partial charge is 0.350 e. The summed E-state index contributed by atoms with van der Waals surface area (Å²) in [6.45, 7) is 3.19. The van der Waals surface area contributed by atoms with E-state index in [-0.39, 0.29) is 0 Å². The van der Waals surface area contributed by atoms with Crippen LogP contribution in [0.25, 0.3) is 0 Å². The second-order valence-corrected chi connectivity index (χ2v) is 1.75. The van der Waals surface area contributed by atoms with Crippen molar-refractivity contribution in [1.29, 1.82) is 0 Å². The first-order chi connectivity index (χ1) is 4.59. The van der Waals surface area contributed by atoms with Crippen LogP contribution in [0.1, 0.15) is 13.8 Å². The van der Waals surface area contributed by atoms with Crippen LogP contribution in [0.15, 0.2) is 0 Å². The van der Waals surface area contributed by atoms with Crippen molar-refractivity contribution < 1.29 is 10.0 Å². The Morgan fingerprint density at radius 3 is 2.60 bits per heavy atom. The van der Waals surface area contributed by atoms with Crippen LogP contribution in [0, 0.1) is 11.8 Å². The molecule has 2 amide bonds. The topological polar surface area (TPSA) is 66.6 Å². The summed E-state index contributed by atoms with van der Waals surface area (Å²) in [5.74, 6) is 5.10. The Hall–Kier alpha value is -1.21. The number of nitrogens with zero attached hydrogens (tertiary/aromatic N) is 1. The van der Waals surface area contributed by atoms with Gasteiger partial charge in [-0.15, -0.1) is 5.92 Å². The molecule has 0 radical (unpaired) electrons. The highest BCUT2D eigenvalue weighted by atomic mass is 16.5. The Bertz CT molecular complexity index is 180. The lowest BCUT2D eigenvalue weighted by Gasteiger charge is -2.14. The number of hydroxylamine groups is 2. The molecule has 0 aromatic heterocycles. The fourth-order valence-electron chi connectivity index (χ4n) is 0.461. The van der Waals surface area contributed by atoms with Gasteiger partial charge in [-0.2, -0.15) is 5.06 Å². The summed E-state index contributed by atoms with van der Waals surface area (Å²) in [5, 5.41) is 9.17. The molecular formula is C6H10N2O2. The Morgan fingerprint density at radius 1 is 1.80 bits per heavy atom. The van der Waals surface area contributed by atoms with Crippen molar-refractivity contribution in [2.45, 2.75) is 19.9 Å². The van der Waals surface area contributed by atoms with Gasteiger partial charge >= 0.3 is 6.03 Å². The predicted molar refractivity (Wildman–Crippen MR) is 36.1 cm³/mol. The Balaban J connectivity index is 4.02. The Kier molecular flexibility index (Phi) is 3.29. The summed E-state index contributed by atoms with van der Waals surface area (Å²) in [5.41, 5.74) is 4.74. The molecule has 0 rings (SSSR count). The van der Waals surface area contributed by atoms with Crippen LogP contribution in [-0.4, -0.2) is 22.3 Å². The highest BCUT2D eigenvalue weighted by Gasteiger charge is 2.10. The van der Waals surface area contributed by atoms with Crippen molar-refractivity contribution >= 4 is 6.03 Å². The summed E-state index contributed by atoms with van der Waals surface area (Å²) in [6.07, 6.45) is 0. The van der Waals surface area contributed by atoms with Crippen molar-refractivity contribution in [3.8, 4) is 11.8 Å². The maximum Gasteiger partial charge on any atom is 0.339 e. The lowest BCUT2D eigenvalue weighted by molar-refractivity contribution is -0.0536. The molecule has 4 nitrogen and oxygen atoms in total. The van der Waals surface area contributed by atoms with Gasteiger partial charge in [-0.25, -0.2) is 4.79 Å². The van der Waals surface area contributed by atoms with E-state index in [1.807, 2.05) is 0 Å². The number of amides is 2. The summed E-state index contributed by atoms with van der Waals surface area (Å²) < 4.78 is 0. The molecule has 10 heavy (non-hydrogen) atoms. The molecule has 4 heteroatoms. The number of hydrogen-bond acceptors (Lipinski definition) is 2. The van der Waals surface area contributed by atoms with E-state index in [9.17, 15) is 4.79 Å². The van der Waals surface area contributed by atoms with E-state index >= 15 is 0 Å². The summed E-state index contributed by atoms with van der Waals surface area (Å²) in [6, 6.07) is -1.43. The smallest absolute Gasteiger partial charge is 0.339 e. The van der Waals surface area contributed by atoms with E-state index in [4.69, 9.17) is 10.9 Å². The molecule has 0 aliphatic heterocycles. The summed E-state index contributed by atoms with van der Waals surface area (Å²) >= 11 is 0. The monoisotopic (exact) mass is 142 g/mol. The van der Waals surface area contributed by atoms with Gasteiger partial charge in [0, 0.05) is 0 Å². The molecule has 0 fully saturated rings. The maximum atomic E-state index is 10.2. The number of urea groups is 1. The van der Waals surface area contributed by atoms with Crippen LogP contribution in [0.5, 0.6) is 0 Å². The highest BCUT2D eigenvalue weighted by molar-refractivity contribution is 5.71. The molecule has 0 aliphatic carbocycles. The molecule has 1 atom stereocenters. The van der Waals surface area contributed by atoms with Crippen LogP contribution in [0.4, 0.5) is 4.79 Å². The van der Waals surface area contributed by atoms with Crippen LogP contribution in [0.3, 0.4) is 0 Å². The third-order valence-corrected chi connectivity index (χ3v) is 0.946. The van der Waals surface area contributed by atoms with E-state index in [1.54, 1.807) is 13.8 Å². The number of carbonyl (C=O) groups is 1. The molecule has 0 spiro atoms. The van der Waals surface area contributed by atoms with Gasteiger partial charge in [-0.1, -0.05) is 5.92 Å². The number of carbonyl (C=O) groups excluding carboxylic acids is 1. The second kappa shape index (κ2) is 3.75. The van der Waals surface area contributed by atoms with Crippen LogP contribution >= 0.6 is 0 Å². The first-order valence-electron chi connectivity index (χ1n) is 2.79. The average molecular weight is 142 g/mol. The van der Waals surface area contributed by atoms with Gasteiger partial charge in [0.1, 0.15) is 6.04 Å². The van der Waals surface area contributed by atoms with E-state index in [0.29, 0.717) is 5.06 Å². The van der Waals surface area contributed by atoms with Gasteiger partial charge in [-0.3, -0.25) is 5.21 Å². The quantitative estimate of drug-likeness (QED) is 0.311. The third-order valence-electron chi connectivity index (χ3n) is 0.946. The zero-order chi connectivity index (χ0) is 8.15. The van der Waals surface area contributed by atoms with Gasteiger partial charge in [-0.05, 0) is 13.8 Å². The third kappa shape index (κ3) is 2.37. The number of hydrogen-bond donors (Lipinski definition) is 2. The summed E-state index contributed by atoms with van der Waals surface area (Å²) in [4.78, 5) is 10.2. The summed E-state index contributed by atoms with van der Waals surface area (Å²) in [7, 11) is 0. The molecule has 0 aromatic rings. The fourth-order valence-corrected chi connectivity index (χ4v) is 0.461. The Labute approximate surface area is 59.6 Å². The minimum Gasteiger partial charge on any atom is -0.350 e. The molecule has 0 saturated heterocycles. The van der Waals surface area contributed by atoms with Crippen LogP contribution in [-0.2, 0) is 0 Å². The minimum absolute atomic E-state index is 0.385. The van der Waals surface area contributed by atoms with E-state index in [0.717, 1.165) is 0 Å². The highest BCUT2D eigenvalue weighted by Crippen LogP contribution is 1.90. The normalized spacial score (nSPS) is 11.1. The van der Waals surface area contributed by atoms with Crippen LogP contribution < -0.4 is 5.73 Å². The number of nitrogens with two attached hydrogens (primary N) is 1. The fraction of sp³-hybridized carbons (Fsp3) is 0.500. The molecule has 0 aliphatic rings. The van der Waals surface area contributed by atoms with Gasteiger partial charge in [0.25, 0.3) is 0 Å². The number of primary amides is 1. The van der Waals surface area contributed by atoms with Crippen molar-refractivity contribution in [3.05, 3.63) is 0 Å². The van der Waals surface area contributed by atoms with Crippen molar-refractivity contribution in [2.75, 3.05) is 0 Å². The lowest BCUT2D eigenvalue weighted by Crippen LogP contribution is -2.38. The van der Waals surface area contributed by atoms with Crippen molar-refractivity contribution in [3.63, 3.8) is 0 Å². The van der Waals surface area contributed by atoms with Gasteiger partial charge in [0.15, 0.2) is 0 Å². The lowest BCUT2D eigenvalue weighted by atomic mass is 10.3.